The number of hydrogen-bond acceptors (Lipinski definition) is 3. The number of nitrogens with one attached hydrogen (secondary N) is 1. The van der Waals surface area contributed by atoms with Gasteiger partial charge in [-0.2, -0.15) is 0 Å². The predicted molar refractivity (Wildman–Crippen MR) is 84.3 cm³/mol. The van der Waals surface area contributed by atoms with Gasteiger partial charge in [0.05, 0.1) is 12.1 Å². The van der Waals surface area contributed by atoms with E-state index < -0.39 is 0 Å². The summed E-state index contributed by atoms with van der Waals surface area (Å²) in [6.45, 7) is 6.78. The molecule has 0 unspecified atom stereocenters. The standard InChI is InChI=1S/C17H21N3O/c1-3-8-18-11-15-6-4-5-14-7-9-20(17(14)15)12-16-10-13(2)21-19-16/h4-7,9-10,18H,3,8,11-12H2,1-2H3. The second kappa shape index (κ2) is 6.14. The van der Waals surface area contributed by atoms with Gasteiger partial charge in [0, 0.05) is 18.8 Å². The monoisotopic (exact) mass is 283 g/mol. The number of nitrogens with zero attached hydrogens (tertiary/aromatic N) is 2. The topological polar surface area (TPSA) is 43.0 Å². The van der Waals surface area contributed by atoms with Crippen molar-refractivity contribution < 1.29 is 4.52 Å². The molecule has 0 amide bonds. The SMILES string of the molecule is CCCNCc1cccc2ccn(Cc3cc(C)on3)c12. The van der Waals surface area contributed by atoms with Crippen LogP contribution >= 0.6 is 0 Å². The molecule has 3 aromatic rings. The average Bonchev–Trinajstić information content (AvgIpc) is 3.07. The Labute approximate surface area is 124 Å². The molecular weight excluding hydrogens is 262 g/mol. The van der Waals surface area contributed by atoms with E-state index in [0.29, 0.717) is 0 Å². The van der Waals surface area contributed by atoms with E-state index in [4.69, 9.17) is 4.52 Å². The van der Waals surface area contributed by atoms with Crippen LogP contribution in [0.5, 0.6) is 0 Å². The molecule has 0 bridgehead atoms. The van der Waals surface area contributed by atoms with Gasteiger partial charge in [0.1, 0.15) is 11.5 Å². The van der Waals surface area contributed by atoms with Gasteiger partial charge in [0.2, 0.25) is 0 Å². The van der Waals surface area contributed by atoms with Crippen LogP contribution in [-0.2, 0) is 13.1 Å². The largest absolute Gasteiger partial charge is 0.361 e. The zero-order valence-corrected chi connectivity index (χ0v) is 12.6. The highest BCUT2D eigenvalue weighted by atomic mass is 16.5. The maximum Gasteiger partial charge on any atom is 0.133 e. The van der Waals surface area contributed by atoms with Crippen LogP contribution in [0.25, 0.3) is 10.9 Å². The Morgan fingerprint density at radius 1 is 1.29 bits per heavy atom. The van der Waals surface area contributed by atoms with Gasteiger partial charge in [-0.15, -0.1) is 0 Å². The van der Waals surface area contributed by atoms with Crippen LogP contribution in [0.3, 0.4) is 0 Å². The first-order chi connectivity index (χ1) is 10.3. The maximum atomic E-state index is 5.16. The van der Waals surface area contributed by atoms with Gasteiger partial charge >= 0.3 is 0 Å². The smallest absolute Gasteiger partial charge is 0.133 e. The van der Waals surface area contributed by atoms with Crippen molar-refractivity contribution in [2.75, 3.05) is 6.54 Å². The summed E-state index contributed by atoms with van der Waals surface area (Å²) in [4.78, 5) is 0. The zero-order valence-electron chi connectivity index (χ0n) is 12.6. The minimum atomic E-state index is 0.742. The highest BCUT2D eigenvalue weighted by Gasteiger charge is 2.08. The summed E-state index contributed by atoms with van der Waals surface area (Å²) < 4.78 is 7.40. The second-order valence-corrected chi connectivity index (χ2v) is 5.40. The normalized spacial score (nSPS) is 11.3. The van der Waals surface area contributed by atoms with Crippen LogP contribution in [0.2, 0.25) is 0 Å². The molecule has 0 saturated carbocycles. The lowest BCUT2D eigenvalue weighted by molar-refractivity contribution is 0.389. The molecular formula is C17H21N3O. The lowest BCUT2D eigenvalue weighted by Crippen LogP contribution is -2.14. The Balaban J connectivity index is 1.91. The molecule has 2 aromatic heterocycles. The van der Waals surface area contributed by atoms with Crippen LogP contribution in [0.15, 0.2) is 41.1 Å². The van der Waals surface area contributed by atoms with Gasteiger partial charge in [-0.3, -0.25) is 0 Å². The quantitative estimate of drug-likeness (QED) is 0.704. The van der Waals surface area contributed by atoms with E-state index in [-0.39, 0.29) is 0 Å². The first kappa shape index (κ1) is 13.9. The van der Waals surface area contributed by atoms with E-state index in [1.165, 1.54) is 16.5 Å². The Morgan fingerprint density at radius 2 is 2.19 bits per heavy atom. The van der Waals surface area contributed by atoms with Crippen molar-refractivity contribution in [3.8, 4) is 0 Å². The molecule has 0 atom stereocenters. The molecule has 0 aliphatic rings. The van der Waals surface area contributed by atoms with Gasteiger partial charge in [-0.25, -0.2) is 0 Å². The van der Waals surface area contributed by atoms with Crippen molar-refractivity contribution in [1.82, 2.24) is 15.0 Å². The summed E-state index contributed by atoms with van der Waals surface area (Å²) in [5.74, 6) is 0.853. The summed E-state index contributed by atoms with van der Waals surface area (Å²) in [6, 6.07) is 10.6. The number of para-hydroxylation sites is 1. The molecule has 0 spiro atoms. The summed E-state index contributed by atoms with van der Waals surface area (Å²) >= 11 is 0. The number of aromatic nitrogens is 2. The highest BCUT2D eigenvalue weighted by Crippen LogP contribution is 2.21. The Bertz CT molecular complexity index is 727. The van der Waals surface area contributed by atoms with Crippen LogP contribution in [0, 0.1) is 6.92 Å². The molecule has 1 N–H and O–H groups in total. The first-order valence-electron chi connectivity index (χ1n) is 7.47. The number of aryl methyl sites for hydroxylation is 1. The molecule has 0 fully saturated rings. The average molecular weight is 283 g/mol. The Morgan fingerprint density at radius 3 is 2.95 bits per heavy atom. The van der Waals surface area contributed by atoms with Crippen molar-refractivity contribution in [3.63, 3.8) is 0 Å². The molecule has 1 aromatic carbocycles. The fourth-order valence-electron chi connectivity index (χ4n) is 2.68. The van der Waals surface area contributed by atoms with E-state index in [0.717, 1.165) is 37.5 Å². The molecule has 110 valence electrons. The van der Waals surface area contributed by atoms with Gasteiger partial charge in [0.15, 0.2) is 0 Å². The number of benzene rings is 1. The van der Waals surface area contributed by atoms with Crippen LogP contribution in [-0.4, -0.2) is 16.3 Å². The minimum Gasteiger partial charge on any atom is -0.361 e. The molecule has 4 nitrogen and oxygen atoms in total. The lowest BCUT2D eigenvalue weighted by atomic mass is 10.1. The van der Waals surface area contributed by atoms with E-state index in [1.807, 2.05) is 13.0 Å². The number of hydrogen-bond donors (Lipinski definition) is 1. The van der Waals surface area contributed by atoms with Crippen LogP contribution in [0.4, 0.5) is 0 Å². The van der Waals surface area contributed by atoms with Gasteiger partial charge in [0.25, 0.3) is 0 Å². The van der Waals surface area contributed by atoms with Crippen molar-refractivity contribution in [1.29, 1.82) is 0 Å². The molecule has 0 radical (unpaired) electrons. The highest BCUT2D eigenvalue weighted by molar-refractivity contribution is 5.83. The summed E-state index contributed by atoms with van der Waals surface area (Å²) in [6.07, 6.45) is 3.27. The van der Waals surface area contributed by atoms with E-state index >= 15 is 0 Å². The Kier molecular flexibility index (Phi) is 4.06. The van der Waals surface area contributed by atoms with Crippen molar-refractivity contribution >= 4 is 10.9 Å². The Hall–Kier alpha value is -2.07. The molecule has 4 heteroatoms. The van der Waals surface area contributed by atoms with E-state index in [1.54, 1.807) is 0 Å². The fourth-order valence-corrected chi connectivity index (χ4v) is 2.68. The maximum absolute atomic E-state index is 5.16. The van der Waals surface area contributed by atoms with Crippen molar-refractivity contribution in [2.45, 2.75) is 33.4 Å². The molecule has 2 heterocycles. The lowest BCUT2D eigenvalue weighted by Gasteiger charge is -2.09. The molecule has 0 aliphatic heterocycles. The van der Waals surface area contributed by atoms with Gasteiger partial charge in [-0.05, 0) is 36.9 Å². The third kappa shape index (κ3) is 3.00. The third-order valence-corrected chi connectivity index (χ3v) is 3.62. The van der Waals surface area contributed by atoms with Crippen LogP contribution in [0.1, 0.15) is 30.4 Å². The van der Waals surface area contributed by atoms with Crippen molar-refractivity contribution in [2.24, 2.45) is 0 Å². The molecule has 0 aliphatic carbocycles. The van der Waals surface area contributed by atoms with E-state index in [9.17, 15) is 0 Å². The second-order valence-electron chi connectivity index (χ2n) is 5.40. The molecule has 0 saturated heterocycles. The number of fused-ring (bicyclic) bond motifs is 1. The number of rotatable bonds is 6. The third-order valence-electron chi connectivity index (χ3n) is 3.62. The van der Waals surface area contributed by atoms with Crippen LogP contribution < -0.4 is 5.32 Å². The fraction of sp³-hybridized carbons (Fsp3) is 0.353. The summed E-state index contributed by atoms with van der Waals surface area (Å²) in [5.41, 5.74) is 3.56. The molecule has 3 rings (SSSR count). The summed E-state index contributed by atoms with van der Waals surface area (Å²) in [7, 11) is 0. The van der Waals surface area contributed by atoms with Gasteiger partial charge < -0.3 is 14.4 Å². The van der Waals surface area contributed by atoms with Gasteiger partial charge in [-0.1, -0.05) is 30.3 Å². The molecule has 21 heavy (non-hydrogen) atoms. The van der Waals surface area contributed by atoms with E-state index in [2.05, 4.69) is 52.4 Å². The summed E-state index contributed by atoms with van der Waals surface area (Å²) in [5, 5.41) is 8.84. The van der Waals surface area contributed by atoms with Crippen molar-refractivity contribution in [3.05, 3.63) is 53.5 Å². The zero-order chi connectivity index (χ0) is 14.7. The first-order valence-corrected chi connectivity index (χ1v) is 7.47. The predicted octanol–water partition coefficient (Wildman–Crippen LogP) is 3.49. The minimum absolute atomic E-state index is 0.742.